The van der Waals surface area contributed by atoms with Gasteiger partial charge in [-0.1, -0.05) is 30.7 Å². The number of ether oxygens (including phenoxy) is 1. The average molecular weight is 479 g/mol. The van der Waals surface area contributed by atoms with Gasteiger partial charge in [-0.3, -0.25) is 19.7 Å². The molecule has 1 unspecified atom stereocenters. The number of morpholine rings is 1. The summed E-state index contributed by atoms with van der Waals surface area (Å²) < 4.78 is 5.37. The standard InChI is InChI=1S/C26H27ClN4O3/c1-18(24-17-28-7-8-29-24)13-25(32)21-14-20(19-3-5-22(27)6-4-19)15-23(16-21)30(2)26(33)31-9-11-34-12-10-31/h3-8,14-18H,9-13H2,1-2H3. The van der Waals surface area contributed by atoms with Crippen LogP contribution in [0.4, 0.5) is 10.5 Å². The minimum Gasteiger partial charge on any atom is -0.378 e. The van der Waals surface area contributed by atoms with E-state index < -0.39 is 0 Å². The number of Topliss-reactive ketones (excluding diaryl/α,β-unsaturated/α-hetero) is 1. The Balaban J connectivity index is 1.66. The molecule has 2 aromatic carbocycles. The van der Waals surface area contributed by atoms with E-state index in [1.54, 1.807) is 41.5 Å². The van der Waals surface area contributed by atoms with Gasteiger partial charge in [0.1, 0.15) is 0 Å². The molecule has 0 N–H and O–H groups in total. The molecule has 1 fully saturated rings. The number of anilines is 1. The molecule has 3 aromatic rings. The third-order valence-electron chi connectivity index (χ3n) is 5.95. The molecular formula is C26H27ClN4O3. The largest absolute Gasteiger partial charge is 0.378 e. The van der Waals surface area contributed by atoms with E-state index in [0.29, 0.717) is 42.6 Å². The SMILES string of the molecule is CC(CC(=O)c1cc(-c2ccc(Cl)cc2)cc(N(C)C(=O)N2CCOCC2)c1)c1cnccn1. The molecule has 1 aliphatic rings. The average Bonchev–Trinajstić information content (AvgIpc) is 2.89. The quantitative estimate of drug-likeness (QED) is 0.463. The van der Waals surface area contributed by atoms with Crippen molar-refractivity contribution in [3.63, 3.8) is 0 Å². The third kappa shape index (κ3) is 5.61. The Bertz CT molecular complexity index is 1150. The highest BCUT2D eigenvalue weighted by Gasteiger charge is 2.23. The lowest BCUT2D eigenvalue weighted by Gasteiger charge is -2.31. The summed E-state index contributed by atoms with van der Waals surface area (Å²) in [6.07, 6.45) is 5.20. The summed E-state index contributed by atoms with van der Waals surface area (Å²) in [7, 11) is 1.73. The highest BCUT2D eigenvalue weighted by molar-refractivity contribution is 6.30. The molecule has 0 aliphatic carbocycles. The van der Waals surface area contributed by atoms with Crippen molar-refractivity contribution in [2.75, 3.05) is 38.3 Å². The number of aromatic nitrogens is 2. The zero-order valence-electron chi connectivity index (χ0n) is 19.3. The summed E-state index contributed by atoms with van der Waals surface area (Å²) in [5.41, 5.74) is 3.71. The van der Waals surface area contributed by atoms with Gasteiger partial charge in [-0.05, 0) is 41.5 Å². The van der Waals surface area contributed by atoms with E-state index in [9.17, 15) is 9.59 Å². The zero-order valence-corrected chi connectivity index (χ0v) is 20.0. The summed E-state index contributed by atoms with van der Waals surface area (Å²) in [6.45, 7) is 4.09. The first-order chi connectivity index (χ1) is 16.4. The van der Waals surface area contributed by atoms with Gasteiger partial charge in [0.05, 0.1) is 18.9 Å². The lowest BCUT2D eigenvalue weighted by atomic mass is 9.94. The van der Waals surface area contributed by atoms with E-state index in [1.807, 2.05) is 43.3 Å². The number of ketones is 1. The molecule has 176 valence electrons. The predicted molar refractivity (Wildman–Crippen MR) is 132 cm³/mol. The molecule has 34 heavy (non-hydrogen) atoms. The van der Waals surface area contributed by atoms with Crippen LogP contribution in [-0.2, 0) is 4.74 Å². The van der Waals surface area contributed by atoms with Crippen LogP contribution in [0.25, 0.3) is 11.1 Å². The smallest absolute Gasteiger partial charge is 0.324 e. The van der Waals surface area contributed by atoms with Gasteiger partial charge in [-0.2, -0.15) is 0 Å². The number of carbonyl (C=O) groups excluding carboxylic acids is 2. The van der Waals surface area contributed by atoms with Crippen molar-refractivity contribution in [2.24, 2.45) is 0 Å². The molecule has 1 atom stereocenters. The normalized spacial score (nSPS) is 14.5. The molecular weight excluding hydrogens is 452 g/mol. The molecule has 1 saturated heterocycles. The van der Waals surface area contributed by atoms with Gasteiger partial charge >= 0.3 is 6.03 Å². The van der Waals surface area contributed by atoms with E-state index in [1.165, 1.54) is 0 Å². The molecule has 1 aromatic heterocycles. The molecule has 4 rings (SSSR count). The van der Waals surface area contributed by atoms with Crippen LogP contribution in [0.3, 0.4) is 0 Å². The van der Waals surface area contributed by atoms with Crippen molar-refractivity contribution >= 4 is 29.1 Å². The van der Waals surface area contributed by atoms with Crippen molar-refractivity contribution in [2.45, 2.75) is 19.3 Å². The van der Waals surface area contributed by atoms with Crippen LogP contribution in [0.2, 0.25) is 5.02 Å². The first-order valence-corrected chi connectivity index (χ1v) is 11.6. The summed E-state index contributed by atoms with van der Waals surface area (Å²) in [5.74, 6) is -0.112. The summed E-state index contributed by atoms with van der Waals surface area (Å²) in [6, 6.07) is 12.9. The molecule has 1 aliphatic heterocycles. The lowest BCUT2D eigenvalue weighted by molar-refractivity contribution is 0.0551. The maximum Gasteiger partial charge on any atom is 0.324 e. The molecule has 7 nitrogen and oxygen atoms in total. The number of nitrogens with zero attached hydrogens (tertiary/aromatic N) is 4. The maximum atomic E-state index is 13.3. The van der Waals surface area contributed by atoms with E-state index in [4.69, 9.17) is 16.3 Å². The monoisotopic (exact) mass is 478 g/mol. The number of hydrogen-bond acceptors (Lipinski definition) is 5. The van der Waals surface area contributed by atoms with Crippen LogP contribution in [0.1, 0.15) is 35.3 Å². The van der Waals surface area contributed by atoms with E-state index in [-0.39, 0.29) is 24.2 Å². The highest BCUT2D eigenvalue weighted by Crippen LogP contribution is 2.30. The second-order valence-corrected chi connectivity index (χ2v) is 8.81. The Hall–Kier alpha value is -3.29. The molecule has 0 radical (unpaired) electrons. The van der Waals surface area contributed by atoms with E-state index in [2.05, 4.69) is 9.97 Å². The first kappa shape index (κ1) is 23.9. The highest BCUT2D eigenvalue weighted by atomic mass is 35.5. The molecule has 0 spiro atoms. The Labute approximate surface area is 204 Å². The van der Waals surface area contributed by atoms with Crippen LogP contribution >= 0.6 is 11.6 Å². The molecule has 0 bridgehead atoms. The minimum atomic E-state index is -0.122. The second-order valence-electron chi connectivity index (χ2n) is 8.38. The number of rotatable bonds is 6. The Morgan fingerprint density at radius 3 is 2.50 bits per heavy atom. The lowest BCUT2D eigenvalue weighted by Crippen LogP contribution is -2.47. The topological polar surface area (TPSA) is 75.6 Å². The number of carbonyl (C=O) groups is 2. The summed E-state index contributed by atoms with van der Waals surface area (Å²) in [4.78, 5) is 38.2. The Kier molecular flexibility index (Phi) is 7.55. The fourth-order valence-electron chi connectivity index (χ4n) is 3.92. The number of benzene rings is 2. The molecule has 2 heterocycles. The van der Waals surface area contributed by atoms with Crippen LogP contribution in [0.5, 0.6) is 0 Å². The van der Waals surface area contributed by atoms with Gasteiger partial charge in [0.25, 0.3) is 0 Å². The number of halogens is 1. The van der Waals surface area contributed by atoms with Gasteiger partial charge in [0.2, 0.25) is 0 Å². The van der Waals surface area contributed by atoms with Crippen molar-refractivity contribution in [1.29, 1.82) is 0 Å². The van der Waals surface area contributed by atoms with Gasteiger partial charge in [0.15, 0.2) is 5.78 Å². The van der Waals surface area contributed by atoms with Gasteiger partial charge < -0.3 is 9.64 Å². The van der Waals surface area contributed by atoms with E-state index >= 15 is 0 Å². The zero-order chi connectivity index (χ0) is 24.1. The fourth-order valence-corrected chi connectivity index (χ4v) is 4.04. The van der Waals surface area contributed by atoms with Crippen LogP contribution < -0.4 is 4.90 Å². The molecule has 0 saturated carbocycles. The predicted octanol–water partition coefficient (Wildman–Crippen LogP) is 5.06. The first-order valence-electron chi connectivity index (χ1n) is 11.2. The van der Waals surface area contributed by atoms with Crippen LogP contribution in [0.15, 0.2) is 61.1 Å². The maximum absolute atomic E-state index is 13.3. The Morgan fingerprint density at radius 1 is 1.09 bits per heavy atom. The van der Waals surface area contributed by atoms with Crippen molar-refractivity contribution in [1.82, 2.24) is 14.9 Å². The van der Waals surface area contributed by atoms with E-state index in [0.717, 1.165) is 16.8 Å². The Morgan fingerprint density at radius 2 is 1.82 bits per heavy atom. The van der Waals surface area contributed by atoms with Gasteiger partial charge in [-0.25, -0.2) is 4.79 Å². The number of urea groups is 1. The molecule has 2 amide bonds. The summed E-state index contributed by atoms with van der Waals surface area (Å²) in [5, 5.41) is 0.633. The van der Waals surface area contributed by atoms with Crippen LogP contribution in [0, 0.1) is 0 Å². The summed E-state index contributed by atoms with van der Waals surface area (Å²) >= 11 is 6.07. The fraction of sp³-hybridized carbons (Fsp3) is 0.308. The van der Waals surface area contributed by atoms with Crippen molar-refractivity contribution in [3.8, 4) is 11.1 Å². The second kappa shape index (κ2) is 10.8. The molecule has 8 heteroatoms. The minimum absolute atomic E-state index is 0.0255. The third-order valence-corrected chi connectivity index (χ3v) is 6.20. The number of hydrogen-bond donors (Lipinski definition) is 0. The number of amides is 2. The van der Waals surface area contributed by atoms with Gasteiger partial charge in [0, 0.05) is 67.3 Å². The van der Waals surface area contributed by atoms with Crippen molar-refractivity contribution in [3.05, 3.63) is 77.3 Å². The van der Waals surface area contributed by atoms with Crippen LogP contribution in [-0.4, -0.2) is 60.0 Å². The van der Waals surface area contributed by atoms with Gasteiger partial charge in [-0.15, -0.1) is 0 Å². The van der Waals surface area contributed by atoms with Crippen molar-refractivity contribution < 1.29 is 14.3 Å².